The lowest BCUT2D eigenvalue weighted by Gasteiger charge is -2.33. The maximum absolute atomic E-state index is 12.2. The number of nitrogens with zero attached hydrogens (tertiary/aromatic N) is 6. The van der Waals surface area contributed by atoms with E-state index in [0.29, 0.717) is 23.9 Å². The minimum absolute atomic E-state index is 0.260. The van der Waals surface area contributed by atoms with Crippen molar-refractivity contribution >= 4 is 35.0 Å². The summed E-state index contributed by atoms with van der Waals surface area (Å²) in [7, 11) is 0. The van der Waals surface area contributed by atoms with Gasteiger partial charge in [-0.25, -0.2) is 15.0 Å². The van der Waals surface area contributed by atoms with Crippen LogP contribution in [0.25, 0.3) is 0 Å². The number of halogens is 1. The first-order chi connectivity index (χ1) is 16.9. The molecular formula is C26H29ClN6O2. The van der Waals surface area contributed by atoms with Gasteiger partial charge in [-0.15, -0.1) is 0 Å². The second kappa shape index (κ2) is 9.79. The largest absolute Gasteiger partial charge is 0.383 e. The van der Waals surface area contributed by atoms with E-state index in [2.05, 4.69) is 33.6 Å². The third-order valence-electron chi connectivity index (χ3n) is 6.89. The molecule has 1 amide bonds. The van der Waals surface area contributed by atoms with Crippen molar-refractivity contribution in [2.24, 2.45) is 5.92 Å². The molecule has 1 atom stereocenters. The predicted molar refractivity (Wildman–Crippen MR) is 137 cm³/mol. The summed E-state index contributed by atoms with van der Waals surface area (Å²) in [5.41, 5.74) is 3.62. The Balaban J connectivity index is 1.19. The summed E-state index contributed by atoms with van der Waals surface area (Å²) in [5, 5.41) is 10.3. The number of aliphatic hydroxyl groups is 1. The van der Waals surface area contributed by atoms with Crippen LogP contribution in [0.4, 0.5) is 17.5 Å². The molecule has 0 radical (unpaired) electrons. The van der Waals surface area contributed by atoms with Gasteiger partial charge in [0.05, 0.1) is 28.8 Å². The number of hydrogen-bond acceptors (Lipinski definition) is 7. The Hall–Kier alpha value is -3.23. The maximum atomic E-state index is 12.2. The van der Waals surface area contributed by atoms with Crippen molar-refractivity contribution in [3.8, 4) is 0 Å². The second-order valence-electron chi connectivity index (χ2n) is 9.30. The average Bonchev–Trinajstić information content (AvgIpc) is 3.18. The van der Waals surface area contributed by atoms with Crippen molar-refractivity contribution in [1.29, 1.82) is 0 Å². The number of anilines is 3. The van der Waals surface area contributed by atoms with Crippen LogP contribution in [0.3, 0.4) is 0 Å². The number of carbonyl (C=O) groups is 1. The fourth-order valence-corrected chi connectivity index (χ4v) is 5.05. The van der Waals surface area contributed by atoms with Gasteiger partial charge in [0.2, 0.25) is 5.95 Å². The Morgan fingerprint density at radius 3 is 2.51 bits per heavy atom. The van der Waals surface area contributed by atoms with Gasteiger partial charge in [-0.1, -0.05) is 18.2 Å². The zero-order valence-corrected chi connectivity index (χ0v) is 20.5. The van der Waals surface area contributed by atoms with Gasteiger partial charge >= 0.3 is 0 Å². The van der Waals surface area contributed by atoms with Gasteiger partial charge in [-0.3, -0.25) is 4.79 Å². The first-order valence-corrected chi connectivity index (χ1v) is 12.3. The van der Waals surface area contributed by atoms with Crippen molar-refractivity contribution in [3.63, 3.8) is 0 Å². The van der Waals surface area contributed by atoms with E-state index in [1.807, 2.05) is 30.2 Å². The molecule has 35 heavy (non-hydrogen) atoms. The monoisotopic (exact) mass is 492 g/mol. The van der Waals surface area contributed by atoms with E-state index >= 15 is 0 Å². The van der Waals surface area contributed by atoms with Crippen molar-refractivity contribution in [2.75, 3.05) is 34.3 Å². The smallest absolute Gasteiger partial charge is 0.255 e. The number of pyridine rings is 1. The van der Waals surface area contributed by atoms with Gasteiger partial charge in [0.1, 0.15) is 11.9 Å². The molecule has 0 aromatic carbocycles. The molecule has 2 fully saturated rings. The quantitative estimate of drug-likeness (QED) is 0.674. The van der Waals surface area contributed by atoms with Crippen molar-refractivity contribution < 1.29 is 9.90 Å². The fraction of sp³-hybridized carbons (Fsp3) is 0.385. The number of allylic oxidation sites excluding steroid dienone is 3. The van der Waals surface area contributed by atoms with Crippen LogP contribution >= 0.6 is 11.6 Å². The van der Waals surface area contributed by atoms with E-state index in [-0.39, 0.29) is 5.91 Å². The molecular weight excluding hydrogens is 464 g/mol. The Morgan fingerprint density at radius 1 is 1.14 bits per heavy atom. The minimum atomic E-state index is -0.916. The average molecular weight is 493 g/mol. The number of rotatable bonds is 5. The van der Waals surface area contributed by atoms with Gasteiger partial charge in [0, 0.05) is 38.0 Å². The molecule has 9 heteroatoms. The third kappa shape index (κ3) is 4.94. The lowest BCUT2D eigenvalue weighted by atomic mass is 9.89. The van der Waals surface area contributed by atoms with E-state index in [0.717, 1.165) is 61.2 Å². The third-order valence-corrected chi connectivity index (χ3v) is 7.08. The number of aryl methyl sites for hydroxylation is 1. The maximum Gasteiger partial charge on any atom is 0.255 e. The van der Waals surface area contributed by atoms with Crippen molar-refractivity contribution in [2.45, 2.75) is 38.7 Å². The first kappa shape index (κ1) is 23.5. The SMILES string of the molecule is C=C1C=C(CC2CCN(c3ncc(Cl)cn3)CC2)C=CN1c1ccc(N2CCC(O)C2=O)c(C)n1. The molecule has 3 aliphatic heterocycles. The van der Waals surface area contributed by atoms with E-state index in [9.17, 15) is 9.90 Å². The van der Waals surface area contributed by atoms with Crippen LogP contribution in [0.5, 0.6) is 0 Å². The van der Waals surface area contributed by atoms with Crippen LogP contribution in [0.1, 0.15) is 31.4 Å². The Labute approximate surface area is 210 Å². The fourth-order valence-electron chi connectivity index (χ4n) is 4.95. The summed E-state index contributed by atoms with van der Waals surface area (Å²) in [6, 6.07) is 3.79. The van der Waals surface area contributed by atoms with Crippen LogP contribution in [-0.4, -0.2) is 51.7 Å². The van der Waals surface area contributed by atoms with Gasteiger partial charge in [-0.05, 0) is 62.0 Å². The molecule has 0 aliphatic carbocycles. The van der Waals surface area contributed by atoms with Crippen LogP contribution < -0.4 is 14.7 Å². The summed E-state index contributed by atoms with van der Waals surface area (Å²) in [6.07, 6.45) is 12.3. The molecule has 8 nitrogen and oxygen atoms in total. The van der Waals surface area contributed by atoms with Crippen molar-refractivity contribution in [3.05, 3.63) is 71.4 Å². The van der Waals surface area contributed by atoms with Gasteiger partial charge in [0.25, 0.3) is 5.91 Å². The van der Waals surface area contributed by atoms with Crippen molar-refractivity contribution in [1.82, 2.24) is 15.0 Å². The number of hydrogen-bond donors (Lipinski definition) is 1. The van der Waals surface area contributed by atoms with E-state index < -0.39 is 6.10 Å². The van der Waals surface area contributed by atoms with E-state index in [1.165, 1.54) is 5.57 Å². The molecule has 2 aromatic heterocycles. The number of aliphatic hydroxyl groups excluding tert-OH is 1. The molecule has 0 spiro atoms. The molecule has 3 aliphatic rings. The van der Waals surface area contributed by atoms with Crippen LogP contribution in [0.2, 0.25) is 5.02 Å². The molecule has 182 valence electrons. The topological polar surface area (TPSA) is 85.7 Å². The second-order valence-corrected chi connectivity index (χ2v) is 9.74. The minimum Gasteiger partial charge on any atom is -0.383 e. The Morgan fingerprint density at radius 2 is 1.89 bits per heavy atom. The van der Waals surface area contributed by atoms with Crippen LogP contribution in [-0.2, 0) is 4.79 Å². The summed E-state index contributed by atoms with van der Waals surface area (Å²) >= 11 is 5.90. The highest BCUT2D eigenvalue weighted by Crippen LogP contribution is 2.32. The molecule has 1 N–H and O–H groups in total. The van der Waals surface area contributed by atoms with Gasteiger partial charge in [0.15, 0.2) is 0 Å². The highest BCUT2D eigenvalue weighted by Gasteiger charge is 2.32. The summed E-state index contributed by atoms with van der Waals surface area (Å²) in [6.45, 7) is 8.51. The zero-order chi connectivity index (χ0) is 24.5. The highest BCUT2D eigenvalue weighted by atomic mass is 35.5. The predicted octanol–water partition coefficient (Wildman–Crippen LogP) is 4.01. The van der Waals surface area contributed by atoms with Gasteiger partial charge < -0.3 is 19.8 Å². The first-order valence-electron chi connectivity index (χ1n) is 12.0. The molecule has 2 saturated heterocycles. The lowest BCUT2D eigenvalue weighted by molar-refractivity contribution is -0.124. The summed E-state index contributed by atoms with van der Waals surface area (Å²) < 4.78 is 0. The van der Waals surface area contributed by atoms with E-state index in [1.54, 1.807) is 17.3 Å². The lowest BCUT2D eigenvalue weighted by Crippen LogP contribution is -2.35. The summed E-state index contributed by atoms with van der Waals surface area (Å²) in [4.78, 5) is 31.4. The molecule has 0 saturated carbocycles. The Kier molecular flexibility index (Phi) is 6.58. The van der Waals surface area contributed by atoms with Crippen LogP contribution in [0, 0.1) is 12.8 Å². The standard InChI is InChI=1S/C26H29ClN6O2/c1-17-13-20(14-19-5-9-31(10-6-19)26-28-15-21(27)16-29-26)7-11-32(17)24-4-3-22(18(2)30-24)33-12-8-23(34)25(33)35/h3-4,7,11,13,15-16,19,23,34H,1,5-6,8-10,12,14H2,2H3. The number of aromatic nitrogens is 3. The van der Waals surface area contributed by atoms with E-state index in [4.69, 9.17) is 16.6 Å². The number of piperidine rings is 1. The van der Waals surface area contributed by atoms with Crippen LogP contribution in [0.15, 0.2) is 60.7 Å². The number of amides is 1. The summed E-state index contributed by atoms with van der Waals surface area (Å²) in [5.74, 6) is 1.84. The number of carbonyl (C=O) groups excluding carboxylic acids is 1. The molecule has 5 rings (SSSR count). The highest BCUT2D eigenvalue weighted by molar-refractivity contribution is 6.30. The molecule has 5 heterocycles. The Bertz CT molecular complexity index is 1190. The molecule has 1 unspecified atom stereocenters. The molecule has 2 aromatic rings. The normalized spacial score (nSPS) is 21.2. The zero-order valence-electron chi connectivity index (χ0n) is 19.8. The molecule has 0 bridgehead atoms. The van der Waals surface area contributed by atoms with Gasteiger partial charge in [-0.2, -0.15) is 0 Å².